The number of aromatic nitrogens is 3. The number of fused-ring (bicyclic) bond motifs is 8. The van der Waals surface area contributed by atoms with Crippen molar-refractivity contribution in [3.8, 4) is 22.6 Å². The molecule has 6 rings (SSSR count). The Morgan fingerprint density at radius 1 is 0.962 bits per heavy atom. The summed E-state index contributed by atoms with van der Waals surface area (Å²) >= 11 is 0. The zero-order valence-electron chi connectivity index (χ0n) is 15.2. The second-order valence-electron chi connectivity index (χ2n) is 7.99. The highest BCUT2D eigenvalue weighted by Gasteiger charge is 2.39. The van der Waals surface area contributed by atoms with Crippen LogP contribution in [0.5, 0.6) is 0 Å². The predicted molar refractivity (Wildman–Crippen MR) is 103 cm³/mol. The molecule has 0 N–H and O–H groups in total. The molecule has 1 unspecified atom stereocenters. The van der Waals surface area contributed by atoms with Gasteiger partial charge in [0.05, 0.1) is 11.0 Å². The van der Waals surface area contributed by atoms with E-state index in [2.05, 4.69) is 90.7 Å². The first-order valence-corrected chi connectivity index (χ1v) is 9.24. The Morgan fingerprint density at radius 3 is 2.65 bits per heavy atom. The first-order chi connectivity index (χ1) is 12.6. The lowest BCUT2D eigenvalue weighted by atomic mass is 9.82. The van der Waals surface area contributed by atoms with Crippen molar-refractivity contribution in [2.45, 2.75) is 32.4 Å². The fourth-order valence-corrected chi connectivity index (χ4v) is 4.94. The number of hydrogen-bond donors (Lipinski definition) is 0. The van der Waals surface area contributed by atoms with Crippen LogP contribution in [0.15, 0.2) is 60.8 Å². The van der Waals surface area contributed by atoms with E-state index in [-0.39, 0.29) is 11.6 Å². The highest BCUT2D eigenvalue weighted by molar-refractivity contribution is 5.92. The van der Waals surface area contributed by atoms with E-state index in [1.807, 2.05) is 0 Å². The van der Waals surface area contributed by atoms with Gasteiger partial charge in [-0.15, -0.1) is 0 Å². The zero-order valence-corrected chi connectivity index (χ0v) is 15.2. The van der Waals surface area contributed by atoms with Gasteiger partial charge in [-0.1, -0.05) is 38.1 Å². The van der Waals surface area contributed by atoms with Gasteiger partial charge in [-0.05, 0) is 40.5 Å². The van der Waals surface area contributed by atoms with Gasteiger partial charge in [-0.3, -0.25) is 4.57 Å². The maximum Gasteiger partial charge on any atom is 0.250 e. The van der Waals surface area contributed by atoms with Crippen LogP contribution in [0.3, 0.4) is 0 Å². The molecule has 2 aliphatic rings. The molecule has 126 valence electrons. The number of imidazole rings is 1. The van der Waals surface area contributed by atoms with Gasteiger partial charge in [-0.2, -0.15) is 4.57 Å². The van der Waals surface area contributed by atoms with Gasteiger partial charge in [0.25, 0.3) is 5.69 Å². The summed E-state index contributed by atoms with van der Waals surface area (Å²) in [5, 5.41) is 0. The molecule has 2 aromatic carbocycles. The molecule has 4 aromatic rings. The minimum absolute atomic E-state index is 0.0205. The van der Waals surface area contributed by atoms with Crippen molar-refractivity contribution in [1.82, 2.24) is 9.55 Å². The molecular formula is C23H20N3+. The lowest BCUT2D eigenvalue weighted by Crippen LogP contribution is -2.37. The molecule has 1 atom stereocenters. The SMILES string of the molecule is CC1n2c(nc3cc4c(cc32)C(C)(C)c2ccccc2-4)-c2cccc[n+]21. The van der Waals surface area contributed by atoms with Crippen LogP contribution in [0.2, 0.25) is 0 Å². The average Bonchev–Trinajstić information content (AvgIpc) is 3.23. The Labute approximate surface area is 152 Å². The second-order valence-corrected chi connectivity index (χ2v) is 7.99. The van der Waals surface area contributed by atoms with E-state index >= 15 is 0 Å². The number of hydrogen-bond acceptors (Lipinski definition) is 1. The number of nitrogens with zero attached hydrogens (tertiary/aromatic N) is 3. The van der Waals surface area contributed by atoms with Gasteiger partial charge in [0.15, 0.2) is 6.20 Å². The quantitative estimate of drug-likeness (QED) is 0.427. The first-order valence-electron chi connectivity index (χ1n) is 9.24. The van der Waals surface area contributed by atoms with Crippen LogP contribution in [0.4, 0.5) is 0 Å². The van der Waals surface area contributed by atoms with Gasteiger partial charge in [0.2, 0.25) is 12.0 Å². The van der Waals surface area contributed by atoms with E-state index in [0.717, 1.165) is 11.3 Å². The van der Waals surface area contributed by atoms with Crippen molar-refractivity contribution >= 4 is 11.0 Å². The van der Waals surface area contributed by atoms with Crippen LogP contribution < -0.4 is 4.57 Å². The van der Waals surface area contributed by atoms with Gasteiger partial charge in [-0.25, -0.2) is 4.98 Å². The summed E-state index contributed by atoms with van der Waals surface area (Å²) < 4.78 is 4.68. The minimum Gasteiger partial charge on any atom is -0.259 e. The van der Waals surface area contributed by atoms with Crippen molar-refractivity contribution in [1.29, 1.82) is 0 Å². The van der Waals surface area contributed by atoms with Gasteiger partial charge >= 0.3 is 0 Å². The Kier molecular flexibility index (Phi) is 2.42. The normalized spacial score (nSPS) is 18.5. The van der Waals surface area contributed by atoms with E-state index in [0.29, 0.717) is 0 Å². The molecule has 0 saturated carbocycles. The zero-order chi connectivity index (χ0) is 17.6. The Balaban J connectivity index is 1.69. The van der Waals surface area contributed by atoms with E-state index in [1.54, 1.807) is 0 Å². The molecule has 2 aromatic heterocycles. The largest absolute Gasteiger partial charge is 0.259 e. The third-order valence-corrected chi connectivity index (χ3v) is 6.29. The highest BCUT2D eigenvalue weighted by atomic mass is 15.3. The fraction of sp³-hybridized carbons (Fsp3) is 0.217. The maximum atomic E-state index is 5.03. The van der Waals surface area contributed by atoms with E-state index < -0.39 is 0 Å². The summed E-state index contributed by atoms with van der Waals surface area (Å²) in [6, 6.07) is 19.8. The number of pyridine rings is 1. The van der Waals surface area contributed by atoms with Crippen molar-refractivity contribution in [2.75, 3.05) is 0 Å². The maximum absolute atomic E-state index is 5.03. The van der Waals surface area contributed by atoms with Crippen molar-refractivity contribution < 1.29 is 4.57 Å². The molecule has 0 amide bonds. The molecule has 3 heteroatoms. The van der Waals surface area contributed by atoms with Crippen LogP contribution in [0.1, 0.15) is 38.1 Å². The monoisotopic (exact) mass is 338 g/mol. The molecule has 0 saturated heterocycles. The molecule has 26 heavy (non-hydrogen) atoms. The van der Waals surface area contributed by atoms with E-state index in [9.17, 15) is 0 Å². The van der Waals surface area contributed by atoms with E-state index in [4.69, 9.17) is 4.98 Å². The summed E-state index contributed by atoms with van der Waals surface area (Å²) in [5.41, 5.74) is 9.04. The summed E-state index contributed by atoms with van der Waals surface area (Å²) in [4.78, 5) is 5.03. The van der Waals surface area contributed by atoms with Crippen LogP contribution in [0, 0.1) is 0 Å². The van der Waals surface area contributed by atoms with Crippen LogP contribution in [0.25, 0.3) is 33.7 Å². The van der Waals surface area contributed by atoms with Crippen LogP contribution in [-0.2, 0) is 5.41 Å². The van der Waals surface area contributed by atoms with Gasteiger partial charge in [0.1, 0.15) is 0 Å². The Bertz CT molecular complexity index is 1230. The molecule has 0 bridgehead atoms. The molecular weight excluding hydrogens is 318 g/mol. The third kappa shape index (κ3) is 1.50. The van der Waals surface area contributed by atoms with Crippen LogP contribution in [-0.4, -0.2) is 9.55 Å². The molecule has 0 radical (unpaired) electrons. The number of benzene rings is 2. The fourth-order valence-electron chi connectivity index (χ4n) is 4.94. The van der Waals surface area contributed by atoms with Crippen molar-refractivity contribution in [3.05, 3.63) is 71.9 Å². The molecule has 3 nitrogen and oxygen atoms in total. The van der Waals surface area contributed by atoms with Gasteiger partial charge < -0.3 is 0 Å². The molecule has 0 spiro atoms. The summed E-state index contributed by atoms with van der Waals surface area (Å²) in [5.74, 6) is 1.07. The first kappa shape index (κ1) is 14.3. The topological polar surface area (TPSA) is 21.7 Å². The highest BCUT2D eigenvalue weighted by Crippen LogP contribution is 2.50. The van der Waals surface area contributed by atoms with Crippen molar-refractivity contribution in [2.24, 2.45) is 0 Å². The van der Waals surface area contributed by atoms with E-state index in [1.165, 1.54) is 33.5 Å². The van der Waals surface area contributed by atoms with Gasteiger partial charge in [0, 0.05) is 24.5 Å². The van der Waals surface area contributed by atoms with Crippen molar-refractivity contribution in [3.63, 3.8) is 0 Å². The lowest BCUT2D eigenvalue weighted by Gasteiger charge is -2.21. The molecule has 3 heterocycles. The third-order valence-electron chi connectivity index (χ3n) is 6.29. The average molecular weight is 338 g/mol. The Morgan fingerprint density at radius 2 is 1.77 bits per heavy atom. The second kappa shape index (κ2) is 4.42. The number of rotatable bonds is 0. The van der Waals surface area contributed by atoms with Crippen LogP contribution >= 0.6 is 0 Å². The summed E-state index contributed by atoms with van der Waals surface area (Å²) in [7, 11) is 0. The minimum atomic E-state index is 0.0205. The lowest BCUT2D eigenvalue weighted by molar-refractivity contribution is -0.705. The molecule has 1 aliphatic heterocycles. The molecule has 1 aliphatic carbocycles. The standard InChI is InChI=1S/C23H20N3/c1-14-25-11-7-6-10-20(25)22-24-19-12-16-15-8-4-5-9-17(15)23(2,3)18(16)13-21(19)26(14)22/h4-14H,1-3H3/q+1. The summed E-state index contributed by atoms with van der Waals surface area (Å²) in [6.07, 6.45) is 2.39. The predicted octanol–water partition coefficient (Wildman–Crippen LogP) is 4.68. The summed E-state index contributed by atoms with van der Waals surface area (Å²) in [6.45, 7) is 6.91. The smallest absolute Gasteiger partial charge is 0.250 e. The molecule has 0 fully saturated rings. The Hall–Kier alpha value is -2.94.